The molecule has 0 aliphatic rings. The van der Waals surface area contributed by atoms with Gasteiger partial charge in [0, 0.05) is 12.3 Å². The molecule has 2 N–H and O–H groups in total. The van der Waals surface area contributed by atoms with Crippen LogP contribution in [0.25, 0.3) is 6.08 Å². The molecule has 0 saturated heterocycles. The molecule has 104 valence electrons. The van der Waals surface area contributed by atoms with Gasteiger partial charge in [-0.3, -0.25) is 0 Å². The first-order valence-corrected chi connectivity index (χ1v) is 5.60. The molecule has 6 heteroatoms. The third-order valence-corrected chi connectivity index (χ3v) is 1.75. The predicted octanol–water partition coefficient (Wildman–Crippen LogP) is 0.579. The van der Waals surface area contributed by atoms with Crippen molar-refractivity contribution >= 4 is 12.0 Å². The van der Waals surface area contributed by atoms with Crippen LogP contribution in [0.5, 0.6) is 0 Å². The van der Waals surface area contributed by atoms with Gasteiger partial charge in [0.2, 0.25) is 0 Å². The van der Waals surface area contributed by atoms with Crippen molar-refractivity contribution in [1.82, 2.24) is 9.97 Å². The Balaban J connectivity index is 0.000000356. The van der Waals surface area contributed by atoms with E-state index in [0.29, 0.717) is 0 Å². The summed E-state index contributed by atoms with van der Waals surface area (Å²) in [4.78, 5) is 18.2. The maximum Gasteiger partial charge on any atom is 0.330 e. The van der Waals surface area contributed by atoms with Gasteiger partial charge in [-0.15, -0.1) is 0 Å². The molecule has 1 unspecified atom stereocenters. The maximum absolute atomic E-state index is 10.6. The molecule has 19 heavy (non-hydrogen) atoms. The molecule has 0 radical (unpaired) electrons. The summed E-state index contributed by atoms with van der Waals surface area (Å²) in [5, 5.41) is 17.0. The molecule has 6 nitrogen and oxygen atoms in total. The number of hydrogen-bond donors (Lipinski definition) is 2. The van der Waals surface area contributed by atoms with E-state index >= 15 is 0 Å². The van der Waals surface area contributed by atoms with E-state index in [2.05, 4.69) is 21.3 Å². The van der Waals surface area contributed by atoms with Crippen LogP contribution in [0, 0.1) is 0 Å². The number of carbonyl (C=O) groups is 1. The minimum Gasteiger partial charge on any atom is -0.460 e. The highest BCUT2D eigenvalue weighted by Gasteiger charge is 2.03. The van der Waals surface area contributed by atoms with Crippen LogP contribution in [0.15, 0.2) is 37.3 Å². The Bertz CT molecular complexity index is 393. The van der Waals surface area contributed by atoms with Crippen LogP contribution in [-0.4, -0.2) is 45.5 Å². The molecule has 1 atom stereocenters. The number of nitrogens with zero attached hydrogens (tertiary/aromatic N) is 2. The summed E-state index contributed by atoms with van der Waals surface area (Å²) < 4.78 is 4.50. The number of hydrogen-bond acceptors (Lipinski definition) is 6. The van der Waals surface area contributed by atoms with Crippen LogP contribution in [0.3, 0.4) is 0 Å². The number of esters is 1. The van der Waals surface area contributed by atoms with E-state index in [-0.39, 0.29) is 6.61 Å². The zero-order chi connectivity index (χ0) is 14.5. The summed E-state index contributed by atoms with van der Waals surface area (Å²) in [7, 11) is 0. The molecule has 0 aliphatic heterocycles. The fourth-order valence-corrected chi connectivity index (χ4v) is 0.837. The minimum atomic E-state index is -0.982. The number of carbonyl (C=O) groups excluding carboxylic acids is 1. The third kappa shape index (κ3) is 9.63. The normalized spacial score (nSPS) is 11.3. The lowest BCUT2D eigenvalue weighted by Gasteiger charge is -2.05. The topological polar surface area (TPSA) is 92.5 Å². The quantitative estimate of drug-likeness (QED) is 0.598. The van der Waals surface area contributed by atoms with Crippen molar-refractivity contribution in [3.05, 3.63) is 43.0 Å². The Labute approximate surface area is 112 Å². The largest absolute Gasteiger partial charge is 0.460 e. The Kier molecular flexibility index (Phi) is 9.87. The average molecular weight is 266 g/mol. The van der Waals surface area contributed by atoms with Gasteiger partial charge in [-0.25, -0.2) is 14.8 Å². The van der Waals surface area contributed by atoms with E-state index in [9.17, 15) is 4.79 Å². The molecule has 1 aromatic heterocycles. The number of rotatable bonds is 5. The van der Waals surface area contributed by atoms with E-state index in [1.165, 1.54) is 18.5 Å². The standard InChI is InChI=1S/C7H12O4.C6H6N2/c1-2-3-7(10)11-5-6(9)4-8;1-2-6-3-4-7-5-8-6/h2-3,6,8-9H,4-5H2,1H3;2-5H,1H2. The molecule has 0 fully saturated rings. The highest BCUT2D eigenvalue weighted by molar-refractivity contribution is 5.81. The van der Waals surface area contributed by atoms with Crippen molar-refractivity contribution in [2.24, 2.45) is 0 Å². The number of allylic oxidation sites excluding steroid dienone is 1. The summed E-state index contributed by atoms with van der Waals surface area (Å²) >= 11 is 0. The highest BCUT2D eigenvalue weighted by atomic mass is 16.5. The maximum atomic E-state index is 10.6. The first-order valence-electron chi connectivity index (χ1n) is 5.60. The van der Waals surface area contributed by atoms with Gasteiger partial charge in [0.15, 0.2) is 0 Å². The second-order valence-corrected chi connectivity index (χ2v) is 3.30. The average Bonchev–Trinajstić information content (AvgIpc) is 2.46. The van der Waals surface area contributed by atoms with Gasteiger partial charge in [-0.2, -0.15) is 0 Å². The third-order valence-electron chi connectivity index (χ3n) is 1.75. The van der Waals surface area contributed by atoms with Crippen molar-refractivity contribution < 1.29 is 19.7 Å². The van der Waals surface area contributed by atoms with Crippen molar-refractivity contribution in [3.63, 3.8) is 0 Å². The smallest absolute Gasteiger partial charge is 0.330 e. The first kappa shape index (κ1) is 16.9. The molecule has 0 aliphatic carbocycles. The van der Waals surface area contributed by atoms with Crippen LogP contribution in [0.2, 0.25) is 0 Å². The summed E-state index contributed by atoms with van der Waals surface area (Å²) in [6, 6.07) is 1.80. The number of aliphatic hydroxyl groups excluding tert-OH is 2. The molecule has 0 amide bonds. The number of ether oxygens (including phenoxy) is 1. The lowest BCUT2D eigenvalue weighted by atomic mass is 10.4. The van der Waals surface area contributed by atoms with Gasteiger partial charge >= 0.3 is 5.97 Å². The molecule has 0 aromatic carbocycles. The molecule has 0 spiro atoms. The van der Waals surface area contributed by atoms with Crippen LogP contribution in [0.4, 0.5) is 0 Å². The van der Waals surface area contributed by atoms with Gasteiger partial charge in [0.25, 0.3) is 0 Å². The van der Waals surface area contributed by atoms with E-state index < -0.39 is 18.7 Å². The van der Waals surface area contributed by atoms with E-state index in [1.54, 1.807) is 25.3 Å². The highest BCUT2D eigenvalue weighted by Crippen LogP contribution is 1.89. The summed E-state index contributed by atoms with van der Waals surface area (Å²) in [5.41, 5.74) is 0.861. The summed E-state index contributed by atoms with van der Waals surface area (Å²) in [5.74, 6) is -0.514. The Morgan fingerprint density at radius 3 is 2.79 bits per heavy atom. The Hall–Kier alpha value is -2.05. The molecular formula is C13H18N2O4. The second kappa shape index (κ2) is 11.1. The lowest BCUT2D eigenvalue weighted by Crippen LogP contribution is -2.21. The van der Waals surface area contributed by atoms with Crippen molar-refractivity contribution in [2.75, 3.05) is 13.2 Å². The fourth-order valence-electron chi connectivity index (χ4n) is 0.837. The first-order chi connectivity index (χ1) is 9.13. The fraction of sp³-hybridized carbons (Fsp3) is 0.308. The second-order valence-electron chi connectivity index (χ2n) is 3.30. The van der Waals surface area contributed by atoms with E-state index in [4.69, 9.17) is 10.2 Å². The van der Waals surface area contributed by atoms with Crippen LogP contribution < -0.4 is 0 Å². The van der Waals surface area contributed by atoms with Gasteiger partial charge < -0.3 is 14.9 Å². The van der Waals surface area contributed by atoms with Gasteiger partial charge in [-0.05, 0) is 19.1 Å². The van der Waals surface area contributed by atoms with Crippen molar-refractivity contribution in [3.8, 4) is 0 Å². The number of aliphatic hydroxyl groups is 2. The van der Waals surface area contributed by atoms with Gasteiger partial charge in [0.1, 0.15) is 19.0 Å². The van der Waals surface area contributed by atoms with Crippen LogP contribution in [0.1, 0.15) is 12.6 Å². The van der Waals surface area contributed by atoms with Gasteiger partial charge in [0.05, 0.1) is 12.3 Å². The van der Waals surface area contributed by atoms with Crippen molar-refractivity contribution in [1.29, 1.82) is 0 Å². The van der Waals surface area contributed by atoms with E-state index in [0.717, 1.165) is 5.69 Å². The van der Waals surface area contributed by atoms with Gasteiger partial charge in [-0.1, -0.05) is 12.7 Å². The zero-order valence-electron chi connectivity index (χ0n) is 10.8. The molecule has 0 bridgehead atoms. The van der Waals surface area contributed by atoms with Crippen LogP contribution in [-0.2, 0) is 9.53 Å². The molecule has 1 aromatic rings. The number of aromatic nitrogens is 2. The summed E-state index contributed by atoms with van der Waals surface area (Å²) in [6.07, 6.45) is 6.66. The van der Waals surface area contributed by atoms with Crippen LogP contribution >= 0.6 is 0 Å². The predicted molar refractivity (Wildman–Crippen MR) is 71.0 cm³/mol. The Morgan fingerprint density at radius 2 is 2.37 bits per heavy atom. The molecule has 1 rings (SSSR count). The lowest BCUT2D eigenvalue weighted by molar-refractivity contribution is -0.141. The zero-order valence-corrected chi connectivity index (χ0v) is 10.8. The van der Waals surface area contributed by atoms with E-state index in [1.807, 2.05) is 0 Å². The SMILES string of the molecule is C=Cc1ccncn1.CC=CC(=O)OCC(O)CO. The van der Waals surface area contributed by atoms with Crippen molar-refractivity contribution in [2.45, 2.75) is 13.0 Å². The molecule has 0 saturated carbocycles. The minimum absolute atomic E-state index is 0.167. The molecule has 1 heterocycles. The summed E-state index contributed by atoms with van der Waals surface area (Å²) in [6.45, 7) is 4.66. The Morgan fingerprint density at radius 1 is 1.63 bits per heavy atom. The molecular weight excluding hydrogens is 248 g/mol. The monoisotopic (exact) mass is 266 g/mol.